The molecular formula is C14H19ClN4O. The number of hydrogen-bond acceptors (Lipinski definition) is 4. The van der Waals surface area contributed by atoms with E-state index in [0.717, 1.165) is 17.1 Å². The summed E-state index contributed by atoms with van der Waals surface area (Å²) in [5.74, 6) is 0. The Morgan fingerprint density at radius 3 is 2.95 bits per heavy atom. The molecule has 0 aliphatic carbocycles. The van der Waals surface area contributed by atoms with Crippen LogP contribution in [0.5, 0.6) is 0 Å². The van der Waals surface area contributed by atoms with E-state index in [9.17, 15) is 5.11 Å². The van der Waals surface area contributed by atoms with E-state index in [0.29, 0.717) is 18.8 Å². The molecule has 0 radical (unpaired) electrons. The molecule has 1 aromatic carbocycles. The van der Waals surface area contributed by atoms with Crippen molar-refractivity contribution in [2.45, 2.75) is 19.2 Å². The maximum absolute atomic E-state index is 10.0. The maximum atomic E-state index is 10.0. The molecule has 1 aromatic heterocycles. The molecule has 0 spiro atoms. The molecule has 5 nitrogen and oxygen atoms in total. The van der Waals surface area contributed by atoms with Crippen LogP contribution in [0.15, 0.2) is 36.7 Å². The van der Waals surface area contributed by atoms with Crippen LogP contribution in [0, 0.1) is 0 Å². The Bertz CT molecular complexity index is 558. The van der Waals surface area contributed by atoms with Crippen LogP contribution in [0.1, 0.15) is 5.56 Å². The van der Waals surface area contributed by atoms with Gasteiger partial charge in [0, 0.05) is 24.3 Å². The van der Waals surface area contributed by atoms with Gasteiger partial charge in [-0.3, -0.25) is 9.58 Å². The molecule has 108 valence electrons. The van der Waals surface area contributed by atoms with Gasteiger partial charge in [0.25, 0.3) is 0 Å². The SMILES string of the molecule is CN(Cc1cccc(Cl)c1)CC(O)Cn1cc(N)cn1. The van der Waals surface area contributed by atoms with E-state index >= 15 is 0 Å². The summed E-state index contributed by atoms with van der Waals surface area (Å²) < 4.78 is 1.65. The monoisotopic (exact) mass is 294 g/mol. The van der Waals surface area contributed by atoms with Crippen molar-refractivity contribution in [2.24, 2.45) is 0 Å². The molecule has 0 aliphatic rings. The fraction of sp³-hybridized carbons (Fsp3) is 0.357. The van der Waals surface area contributed by atoms with E-state index in [1.165, 1.54) is 0 Å². The van der Waals surface area contributed by atoms with Crippen molar-refractivity contribution < 1.29 is 5.11 Å². The van der Waals surface area contributed by atoms with Crippen molar-refractivity contribution >= 4 is 17.3 Å². The standard InChI is InChI=1S/C14H19ClN4O/c1-18(7-11-3-2-4-12(15)5-11)9-14(20)10-19-8-13(16)6-17-19/h2-6,8,14,20H,7,9-10,16H2,1H3. The molecule has 0 aliphatic heterocycles. The van der Waals surface area contributed by atoms with E-state index in [-0.39, 0.29) is 0 Å². The third-order valence-electron chi connectivity index (χ3n) is 2.91. The molecule has 1 heterocycles. The molecular weight excluding hydrogens is 276 g/mol. The molecule has 0 amide bonds. The lowest BCUT2D eigenvalue weighted by atomic mass is 10.2. The second-order valence-corrected chi connectivity index (χ2v) is 5.41. The van der Waals surface area contributed by atoms with Crippen molar-refractivity contribution in [1.82, 2.24) is 14.7 Å². The first-order chi connectivity index (χ1) is 9.52. The number of rotatable bonds is 6. The van der Waals surface area contributed by atoms with E-state index in [2.05, 4.69) is 5.10 Å². The summed E-state index contributed by atoms with van der Waals surface area (Å²) in [6.07, 6.45) is 2.78. The highest BCUT2D eigenvalue weighted by Crippen LogP contribution is 2.12. The zero-order chi connectivity index (χ0) is 14.5. The maximum Gasteiger partial charge on any atom is 0.0862 e. The van der Waals surface area contributed by atoms with Crippen LogP contribution in [0.25, 0.3) is 0 Å². The number of aliphatic hydroxyl groups is 1. The van der Waals surface area contributed by atoms with Crippen LogP contribution in [0.2, 0.25) is 5.02 Å². The molecule has 0 fully saturated rings. The number of likely N-dealkylation sites (N-methyl/N-ethyl adjacent to an activating group) is 1. The third kappa shape index (κ3) is 4.52. The number of anilines is 1. The first kappa shape index (κ1) is 14.8. The molecule has 2 aromatic rings. The molecule has 0 saturated heterocycles. The van der Waals surface area contributed by atoms with Gasteiger partial charge in [0.2, 0.25) is 0 Å². The minimum Gasteiger partial charge on any atom is -0.396 e. The number of aliphatic hydroxyl groups excluding tert-OH is 1. The fourth-order valence-electron chi connectivity index (χ4n) is 2.12. The third-order valence-corrected chi connectivity index (χ3v) is 3.15. The Hall–Kier alpha value is -1.56. The number of hydrogen-bond donors (Lipinski definition) is 2. The Morgan fingerprint density at radius 2 is 2.30 bits per heavy atom. The Kier molecular flexibility index (Phi) is 5.00. The number of benzene rings is 1. The number of nitrogens with two attached hydrogens (primary N) is 1. The van der Waals surface area contributed by atoms with Gasteiger partial charge in [0.15, 0.2) is 0 Å². The highest BCUT2D eigenvalue weighted by molar-refractivity contribution is 6.30. The topological polar surface area (TPSA) is 67.3 Å². The quantitative estimate of drug-likeness (QED) is 0.849. The number of nitrogens with zero attached hydrogens (tertiary/aromatic N) is 3. The van der Waals surface area contributed by atoms with Gasteiger partial charge in [0.05, 0.1) is 24.5 Å². The average molecular weight is 295 g/mol. The summed E-state index contributed by atoms with van der Waals surface area (Å²) in [5, 5.41) is 14.8. The molecule has 0 saturated carbocycles. The molecule has 2 rings (SSSR count). The normalized spacial score (nSPS) is 12.8. The van der Waals surface area contributed by atoms with Crippen molar-refractivity contribution in [2.75, 3.05) is 19.3 Å². The number of aromatic nitrogens is 2. The van der Waals surface area contributed by atoms with Gasteiger partial charge < -0.3 is 10.8 Å². The summed E-state index contributed by atoms with van der Waals surface area (Å²) >= 11 is 5.95. The minimum atomic E-state index is -0.501. The minimum absolute atomic E-state index is 0.428. The molecule has 1 atom stereocenters. The van der Waals surface area contributed by atoms with Crippen LogP contribution in [0.4, 0.5) is 5.69 Å². The Labute approximate surface area is 123 Å². The lowest BCUT2D eigenvalue weighted by molar-refractivity contribution is 0.104. The van der Waals surface area contributed by atoms with Crippen LogP contribution >= 0.6 is 11.6 Å². The van der Waals surface area contributed by atoms with E-state index in [1.807, 2.05) is 36.2 Å². The van der Waals surface area contributed by atoms with Gasteiger partial charge in [-0.25, -0.2) is 0 Å². The zero-order valence-electron chi connectivity index (χ0n) is 11.4. The highest BCUT2D eigenvalue weighted by atomic mass is 35.5. The van der Waals surface area contributed by atoms with E-state index in [1.54, 1.807) is 17.1 Å². The van der Waals surface area contributed by atoms with E-state index in [4.69, 9.17) is 17.3 Å². The van der Waals surface area contributed by atoms with Gasteiger partial charge in [-0.05, 0) is 24.7 Å². The number of halogens is 1. The summed E-state index contributed by atoms with van der Waals surface area (Å²) in [7, 11) is 1.96. The molecule has 1 unspecified atom stereocenters. The second kappa shape index (κ2) is 6.74. The molecule has 3 N–H and O–H groups in total. The molecule has 0 bridgehead atoms. The second-order valence-electron chi connectivity index (χ2n) is 4.98. The first-order valence-corrected chi connectivity index (χ1v) is 6.79. The van der Waals surface area contributed by atoms with Gasteiger partial charge in [0.1, 0.15) is 0 Å². The van der Waals surface area contributed by atoms with Gasteiger partial charge in [-0.2, -0.15) is 5.10 Å². The summed E-state index contributed by atoms with van der Waals surface area (Å²) in [6, 6.07) is 7.72. The van der Waals surface area contributed by atoms with Crippen molar-refractivity contribution in [3.63, 3.8) is 0 Å². The highest BCUT2D eigenvalue weighted by Gasteiger charge is 2.10. The zero-order valence-corrected chi connectivity index (χ0v) is 12.2. The molecule has 6 heteroatoms. The fourth-order valence-corrected chi connectivity index (χ4v) is 2.34. The largest absolute Gasteiger partial charge is 0.396 e. The van der Waals surface area contributed by atoms with Gasteiger partial charge >= 0.3 is 0 Å². The number of nitrogen functional groups attached to an aromatic ring is 1. The van der Waals surface area contributed by atoms with Crippen LogP contribution in [-0.4, -0.2) is 39.5 Å². The van der Waals surface area contributed by atoms with Crippen LogP contribution < -0.4 is 5.73 Å². The first-order valence-electron chi connectivity index (χ1n) is 6.42. The van der Waals surface area contributed by atoms with Crippen LogP contribution in [-0.2, 0) is 13.1 Å². The van der Waals surface area contributed by atoms with Gasteiger partial charge in [-0.15, -0.1) is 0 Å². The lowest BCUT2D eigenvalue weighted by Gasteiger charge is -2.20. The summed E-state index contributed by atoms with van der Waals surface area (Å²) in [6.45, 7) is 1.71. The molecule has 20 heavy (non-hydrogen) atoms. The van der Waals surface area contributed by atoms with E-state index < -0.39 is 6.10 Å². The summed E-state index contributed by atoms with van der Waals surface area (Å²) in [5.41, 5.74) is 7.31. The predicted octanol–water partition coefficient (Wildman–Crippen LogP) is 1.61. The van der Waals surface area contributed by atoms with Crippen LogP contribution in [0.3, 0.4) is 0 Å². The van der Waals surface area contributed by atoms with Gasteiger partial charge in [-0.1, -0.05) is 23.7 Å². The van der Waals surface area contributed by atoms with Crippen molar-refractivity contribution in [3.05, 3.63) is 47.2 Å². The predicted molar refractivity (Wildman–Crippen MR) is 80.4 cm³/mol. The smallest absolute Gasteiger partial charge is 0.0862 e. The Balaban J connectivity index is 1.83. The summed E-state index contributed by atoms with van der Waals surface area (Å²) in [4.78, 5) is 2.04. The lowest BCUT2D eigenvalue weighted by Crippen LogP contribution is -2.31. The van der Waals surface area contributed by atoms with Crippen molar-refractivity contribution in [1.29, 1.82) is 0 Å². The Morgan fingerprint density at radius 1 is 1.50 bits per heavy atom. The average Bonchev–Trinajstić information content (AvgIpc) is 2.74. The van der Waals surface area contributed by atoms with Crippen molar-refractivity contribution in [3.8, 4) is 0 Å².